The Hall–Kier alpha value is -2.50. The number of Topliss-reactive ketones (excluding diaryl/α,β-unsaturated/α-hetero) is 1. The van der Waals surface area contributed by atoms with Crippen molar-refractivity contribution in [2.45, 2.75) is 13.0 Å². The van der Waals surface area contributed by atoms with Crippen molar-refractivity contribution in [2.24, 2.45) is 0 Å². The standard InChI is InChI=1S/C14H12FN3O2/c15-11-4-1-3-10-12(11)18(14(20)13(10)19)7-2-6-17-8-5-16-9-17/h1,3-5,8-9H,2,6-7H2. The number of rotatable bonds is 4. The number of aromatic nitrogens is 2. The zero-order valence-corrected chi connectivity index (χ0v) is 10.6. The molecule has 0 saturated carbocycles. The van der Waals surface area contributed by atoms with Crippen LogP contribution in [-0.2, 0) is 11.3 Å². The van der Waals surface area contributed by atoms with E-state index in [1.54, 1.807) is 12.5 Å². The van der Waals surface area contributed by atoms with Gasteiger partial charge in [-0.05, 0) is 18.6 Å². The van der Waals surface area contributed by atoms with Gasteiger partial charge in [-0.1, -0.05) is 6.07 Å². The number of ketones is 1. The number of carbonyl (C=O) groups excluding carboxylic acids is 2. The molecule has 0 atom stereocenters. The zero-order chi connectivity index (χ0) is 14.1. The van der Waals surface area contributed by atoms with Gasteiger partial charge in [-0.15, -0.1) is 0 Å². The van der Waals surface area contributed by atoms with Crippen LogP contribution in [-0.4, -0.2) is 27.8 Å². The fourth-order valence-electron chi connectivity index (χ4n) is 2.36. The second-order valence-corrected chi connectivity index (χ2v) is 4.58. The van der Waals surface area contributed by atoms with E-state index in [-0.39, 0.29) is 11.3 Å². The number of hydrogen-bond acceptors (Lipinski definition) is 3. The summed E-state index contributed by atoms with van der Waals surface area (Å²) in [6.07, 6.45) is 5.76. The maximum absolute atomic E-state index is 13.8. The minimum absolute atomic E-state index is 0.105. The first-order chi connectivity index (χ1) is 9.68. The number of para-hydroxylation sites is 1. The van der Waals surface area contributed by atoms with E-state index in [9.17, 15) is 14.0 Å². The first-order valence-corrected chi connectivity index (χ1v) is 6.29. The van der Waals surface area contributed by atoms with E-state index in [4.69, 9.17) is 0 Å². The molecule has 0 bridgehead atoms. The number of fused-ring (bicyclic) bond motifs is 1. The maximum Gasteiger partial charge on any atom is 0.299 e. The molecular weight excluding hydrogens is 261 g/mol. The third-order valence-corrected chi connectivity index (χ3v) is 3.30. The number of nitrogens with zero attached hydrogens (tertiary/aromatic N) is 3. The zero-order valence-electron chi connectivity index (χ0n) is 10.6. The Morgan fingerprint density at radius 1 is 1.20 bits per heavy atom. The molecule has 2 heterocycles. The van der Waals surface area contributed by atoms with Gasteiger partial charge in [0.1, 0.15) is 5.82 Å². The summed E-state index contributed by atoms with van der Waals surface area (Å²) in [5.74, 6) is -1.83. The summed E-state index contributed by atoms with van der Waals surface area (Å²) >= 11 is 0. The van der Waals surface area contributed by atoms with Crippen LogP contribution in [0.3, 0.4) is 0 Å². The van der Waals surface area contributed by atoms with Crippen molar-refractivity contribution in [3.63, 3.8) is 0 Å². The minimum atomic E-state index is -0.657. The highest BCUT2D eigenvalue weighted by molar-refractivity contribution is 6.52. The fourth-order valence-corrected chi connectivity index (χ4v) is 2.36. The van der Waals surface area contributed by atoms with Crippen molar-refractivity contribution in [3.05, 3.63) is 48.3 Å². The molecule has 1 aliphatic rings. The number of carbonyl (C=O) groups is 2. The Morgan fingerprint density at radius 2 is 2.05 bits per heavy atom. The van der Waals surface area contributed by atoms with E-state index in [1.165, 1.54) is 23.1 Å². The molecule has 1 aromatic carbocycles. The van der Waals surface area contributed by atoms with Crippen molar-refractivity contribution >= 4 is 17.4 Å². The lowest BCUT2D eigenvalue weighted by Crippen LogP contribution is -2.31. The Balaban J connectivity index is 1.77. The van der Waals surface area contributed by atoms with Gasteiger partial charge in [-0.2, -0.15) is 0 Å². The van der Waals surface area contributed by atoms with Crippen LogP contribution < -0.4 is 4.90 Å². The molecule has 20 heavy (non-hydrogen) atoms. The lowest BCUT2D eigenvalue weighted by molar-refractivity contribution is -0.114. The van der Waals surface area contributed by atoms with E-state index in [2.05, 4.69) is 4.98 Å². The van der Waals surface area contributed by atoms with Gasteiger partial charge in [0.05, 0.1) is 17.6 Å². The summed E-state index contributed by atoms with van der Waals surface area (Å²) in [7, 11) is 0. The molecule has 1 aromatic heterocycles. The van der Waals surface area contributed by atoms with Gasteiger partial charge in [0.2, 0.25) is 0 Å². The molecule has 6 heteroatoms. The first-order valence-electron chi connectivity index (χ1n) is 6.29. The highest BCUT2D eigenvalue weighted by atomic mass is 19.1. The number of benzene rings is 1. The molecule has 0 fully saturated rings. The number of amides is 1. The molecule has 0 saturated heterocycles. The predicted octanol–water partition coefficient (Wildman–Crippen LogP) is 1.64. The second kappa shape index (κ2) is 4.88. The SMILES string of the molecule is O=C1C(=O)N(CCCn2ccnc2)c2c(F)cccc21. The summed E-state index contributed by atoms with van der Waals surface area (Å²) in [4.78, 5) is 28.8. The molecular formula is C14H12FN3O2. The van der Waals surface area contributed by atoms with E-state index >= 15 is 0 Å². The number of halogens is 1. The number of imidazole rings is 1. The Morgan fingerprint density at radius 3 is 2.80 bits per heavy atom. The minimum Gasteiger partial charge on any atom is -0.337 e. The van der Waals surface area contributed by atoms with E-state index in [0.717, 1.165) is 0 Å². The van der Waals surface area contributed by atoms with Crippen LogP contribution in [0.25, 0.3) is 0 Å². The topological polar surface area (TPSA) is 55.2 Å². The summed E-state index contributed by atoms with van der Waals surface area (Å²) in [6.45, 7) is 0.957. The second-order valence-electron chi connectivity index (χ2n) is 4.58. The lowest BCUT2D eigenvalue weighted by atomic mass is 10.1. The fraction of sp³-hybridized carbons (Fsp3) is 0.214. The first kappa shape index (κ1) is 12.5. The summed E-state index contributed by atoms with van der Waals surface area (Å²) in [5, 5.41) is 0. The third kappa shape index (κ3) is 1.99. The average molecular weight is 273 g/mol. The number of hydrogen-bond donors (Lipinski definition) is 0. The van der Waals surface area contributed by atoms with Crippen LogP contribution in [0.4, 0.5) is 10.1 Å². The molecule has 2 aromatic rings. The summed E-state index contributed by atoms with van der Waals surface area (Å²) in [5.41, 5.74) is 0.255. The maximum atomic E-state index is 13.8. The van der Waals surface area contributed by atoms with Crippen molar-refractivity contribution in [1.29, 1.82) is 0 Å². The van der Waals surface area contributed by atoms with Gasteiger partial charge >= 0.3 is 0 Å². The van der Waals surface area contributed by atoms with Crippen LogP contribution in [0, 0.1) is 5.82 Å². The van der Waals surface area contributed by atoms with E-state index in [1.807, 2.05) is 10.8 Å². The van der Waals surface area contributed by atoms with Gasteiger partial charge in [0, 0.05) is 25.5 Å². The molecule has 0 N–H and O–H groups in total. The monoisotopic (exact) mass is 273 g/mol. The molecule has 102 valence electrons. The van der Waals surface area contributed by atoms with Crippen molar-refractivity contribution in [1.82, 2.24) is 9.55 Å². The van der Waals surface area contributed by atoms with Crippen LogP contribution in [0.5, 0.6) is 0 Å². The Bertz CT molecular complexity index is 667. The van der Waals surface area contributed by atoms with Crippen LogP contribution in [0.15, 0.2) is 36.9 Å². The van der Waals surface area contributed by atoms with Gasteiger partial charge < -0.3 is 9.47 Å². The molecule has 0 unspecified atom stereocenters. The van der Waals surface area contributed by atoms with Gasteiger partial charge in [0.25, 0.3) is 11.7 Å². The van der Waals surface area contributed by atoms with Crippen LogP contribution >= 0.6 is 0 Å². The highest BCUT2D eigenvalue weighted by Gasteiger charge is 2.37. The largest absolute Gasteiger partial charge is 0.337 e. The molecule has 0 aliphatic carbocycles. The normalized spacial score (nSPS) is 13.9. The van der Waals surface area contributed by atoms with Gasteiger partial charge in [-0.3, -0.25) is 9.59 Å². The van der Waals surface area contributed by atoms with Gasteiger partial charge in [-0.25, -0.2) is 9.37 Å². The molecule has 3 rings (SSSR count). The summed E-state index contributed by atoms with van der Waals surface area (Å²) < 4.78 is 15.7. The molecule has 0 spiro atoms. The van der Waals surface area contributed by atoms with Crippen molar-refractivity contribution < 1.29 is 14.0 Å². The van der Waals surface area contributed by atoms with Crippen molar-refractivity contribution in [2.75, 3.05) is 11.4 Å². The Labute approximate surface area is 114 Å². The van der Waals surface area contributed by atoms with E-state index in [0.29, 0.717) is 19.5 Å². The smallest absolute Gasteiger partial charge is 0.299 e. The predicted molar refractivity (Wildman–Crippen MR) is 69.9 cm³/mol. The lowest BCUT2D eigenvalue weighted by Gasteiger charge is -2.16. The highest BCUT2D eigenvalue weighted by Crippen LogP contribution is 2.31. The molecule has 1 amide bonds. The van der Waals surface area contributed by atoms with E-state index < -0.39 is 17.5 Å². The van der Waals surface area contributed by atoms with Crippen molar-refractivity contribution in [3.8, 4) is 0 Å². The van der Waals surface area contributed by atoms with Crippen LogP contribution in [0.2, 0.25) is 0 Å². The van der Waals surface area contributed by atoms with Gasteiger partial charge in [0.15, 0.2) is 0 Å². The van der Waals surface area contributed by atoms with Crippen LogP contribution in [0.1, 0.15) is 16.8 Å². The quantitative estimate of drug-likeness (QED) is 0.796. The molecule has 5 nitrogen and oxygen atoms in total. The number of aryl methyl sites for hydroxylation is 1. The number of anilines is 1. The molecule has 0 radical (unpaired) electrons. The molecule has 1 aliphatic heterocycles. The third-order valence-electron chi connectivity index (χ3n) is 3.30. The summed E-state index contributed by atoms with van der Waals surface area (Å²) in [6, 6.07) is 4.18. The average Bonchev–Trinajstić information content (AvgIpc) is 3.03. The Kier molecular flexibility index (Phi) is 3.06.